The van der Waals surface area contributed by atoms with Gasteiger partial charge in [-0.05, 0) is 31.5 Å². The lowest BCUT2D eigenvalue weighted by molar-refractivity contribution is 0.102. The van der Waals surface area contributed by atoms with Crippen LogP contribution in [0.25, 0.3) is 22.3 Å². The maximum Gasteiger partial charge on any atom is 0.256 e. The van der Waals surface area contributed by atoms with Gasteiger partial charge in [0.1, 0.15) is 0 Å². The molecule has 0 radical (unpaired) electrons. The van der Waals surface area contributed by atoms with Crippen LogP contribution < -0.4 is 5.32 Å². The topological polar surface area (TPSA) is 93.9 Å². The van der Waals surface area contributed by atoms with Gasteiger partial charge in [-0.3, -0.25) is 4.79 Å². The van der Waals surface area contributed by atoms with Gasteiger partial charge in [0, 0.05) is 5.56 Å². The molecule has 0 aliphatic carbocycles. The number of amides is 1. The number of fused-ring (bicyclic) bond motifs is 1. The molecule has 1 saturated heterocycles. The minimum atomic E-state index is -3.12. The van der Waals surface area contributed by atoms with E-state index in [0.717, 1.165) is 5.56 Å². The molecule has 3 heterocycles. The van der Waals surface area contributed by atoms with Crippen LogP contribution in [-0.2, 0) is 9.84 Å². The molecule has 1 fully saturated rings. The smallest absolute Gasteiger partial charge is 0.256 e. The molecule has 2 aromatic heterocycles. The highest BCUT2D eigenvalue weighted by atomic mass is 35.5. The van der Waals surface area contributed by atoms with E-state index in [1.807, 2.05) is 30.3 Å². The van der Waals surface area contributed by atoms with Crippen LogP contribution in [0, 0.1) is 6.92 Å². The summed E-state index contributed by atoms with van der Waals surface area (Å²) >= 11 is 6.25. The van der Waals surface area contributed by atoms with Crippen LogP contribution in [-0.4, -0.2) is 40.6 Å². The summed E-state index contributed by atoms with van der Waals surface area (Å²) in [5.41, 5.74) is 3.47. The number of aromatic nitrogens is 3. The van der Waals surface area contributed by atoms with Gasteiger partial charge in [0.05, 0.1) is 50.6 Å². The van der Waals surface area contributed by atoms with E-state index in [-0.39, 0.29) is 23.5 Å². The Kier molecular flexibility index (Phi) is 5.42. The summed E-state index contributed by atoms with van der Waals surface area (Å²) in [5.74, 6) is -0.202. The zero-order chi connectivity index (χ0) is 23.2. The molecule has 0 saturated carbocycles. The summed E-state index contributed by atoms with van der Waals surface area (Å²) < 4.78 is 25.9. The number of para-hydroxylation sites is 1. The largest absolute Gasteiger partial charge is 0.321 e. The highest BCUT2D eigenvalue weighted by Crippen LogP contribution is 2.32. The molecule has 2 aromatic carbocycles. The first kappa shape index (κ1) is 21.6. The quantitative estimate of drug-likeness (QED) is 0.458. The third-order valence-electron chi connectivity index (χ3n) is 5.83. The molecule has 1 atom stereocenters. The number of hydrogen-bond acceptors (Lipinski definition) is 5. The fourth-order valence-corrected chi connectivity index (χ4v) is 6.10. The third-order valence-corrected chi connectivity index (χ3v) is 7.91. The number of sulfone groups is 1. The zero-order valence-corrected chi connectivity index (χ0v) is 19.4. The van der Waals surface area contributed by atoms with Crippen molar-refractivity contribution < 1.29 is 13.2 Å². The number of aryl methyl sites for hydroxylation is 1. The molecule has 168 valence electrons. The lowest BCUT2D eigenvalue weighted by Gasteiger charge is -2.13. The van der Waals surface area contributed by atoms with E-state index >= 15 is 0 Å². The van der Waals surface area contributed by atoms with Gasteiger partial charge in [0.2, 0.25) is 0 Å². The Labute approximate surface area is 196 Å². The summed E-state index contributed by atoms with van der Waals surface area (Å²) in [6.45, 7) is 1.80. The van der Waals surface area contributed by atoms with Gasteiger partial charge < -0.3 is 5.32 Å². The second-order valence-corrected chi connectivity index (χ2v) is 10.8. The number of anilines is 1. The van der Waals surface area contributed by atoms with E-state index in [9.17, 15) is 13.2 Å². The van der Waals surface area contributed by atoms with Crippen molar-refractivity contribution in [3.05, 3.63) is 76.9 Å². The molecule has 33 heavy (non-hydrogen) atoms. The van der Waals surface area contributed by atoms with Gasteiger partial charge >= 0.3 is 0 Å². The van der Waals surface area contributed by atoms with Crippen molar-refractivity contribution in [2.45, 2.75) is 19.4 Å². The number of carbonyl (C=O) groups excluding carboxylic acids is 1. The van der Waals surface area contributed by atoms with E-state index in [1.165, 1.54) is 0 Å². The van der Waals surface area contributed by atoms with Crippen molar-refractivity contribution in [1.29, 1.82) is 0 Å². The molecule has 1 unspecified atom stereocenters. The Hall–Kier alpha value is -3.23. The number of rotatable bonds is 4. The Balaban J connectivity index is 1.69. The van der Waals surface area contributed by atoms with Gasteiger partial charge in [-0.25, -0.2) is 18.1 Å². The first-order valence-electron chi connectivity index (χ1n) is 10.5. The molecule has 4 aromatic rings. The van der Waals surface area contributed by atoms with Crippen LogP contribution in [0.4, 0.5) is 5.69 Å². The fourth-order valence-electron chi connectivity index (χ4n) is 4.22. The minimum absolute atomic E-state index is 0.0155. The SMILES string of the molecule is Cc1nn(C2CCS(=O)(=O)C2)c2nc(-c3ccccc3)cc(C(=O)Nc3ccccc3Cl)c12. The Morgan fingerprint density at radius 2 is 1.85 bits per heavy atom. The standard InChI is InChI=1S/C24H21ClN4O3S/c1-15-22-18(24(30)27-20-10-6-5-9-19(20)25)13-21(16-7-3-2-4-8-16)26-23(22)29(28-15)17-11-12-33(31,32)14-17/h2-10,13,17H,11-12,14H2,1H3,(H,27,30). The number of carbonyl (C=O) groups is 1. The molecule has 1 N–H and O–H groups in total. The lowest BCUT2D eigenvalue weighted by atomic mass is 10.0. The Morgan fingerprint density at radius 1 is 1.12 bits per heavy atom. The van der Waals surface area contributed by atoms with Gasteiger partial charge in [0.25, 0.3) is 5.91 Å². The van der Waals surface area contributed by atoms with Crippen molar-refractivity contribution >= 4 is 44.1 Å². The number of benzene rings is 2. The summed E-state index contributed by atoms with van der Waals surface area (Å²) in [6, 6.07) is 18.0. The van der Waals surface area contributed by atoms with Crippen molar-refractivity contribution in [1.82, 2.24) is 14.8 Å². The van der Waals surface area contributed by atoms with Crippen LogP contribution in [0.2, 0.25) is 5.02 Å². The first-order chi connectivity index (χ1) is 15.8. The molecule has 0 spiro atoms. The van der Waals surface area contributed by atoms with Crippen LogP contribution in [0.1, 0.15) is 28.5 Å². The molecular weight excluding hydrogens is 460 g/mol. The first-order valence-corrected chi connectivity index (χ1v) is 12.7. The van der Waals surface area contributed by atoms with E-state index in [2.05, 4.69) is 10.4 Å². The maximum absolute atomic E-state index is 13.4. The number of nitrogens with one attached hydrogen (secondary N) is 1. The van der Waals surface area contributed by atoms with Gasteiger partial charge in [-0.2, -0.15) is 5.10 Å². The highest BCUT2D eigenvalue weighted by molar-refractivity contribution is 7.91. The van der Waals surface area contributed by atoms with E-state index in [1.54, 1.807) is 41.9 Å². The van der Waals surface area contributed by atoms with Crippen molar-refractivity contribution in [2.75, 3.05) is 16.8 Å². The minimum Gasteiger partial charge on any atom is -0.321 e. The molecule has 1 amide bonds. The number of halogens is 1. The van der Waals surface area contributed by atoms with E-state index in [4.69, 9.17) is 16.6 Å². The predicted octanol–water partition coefficient (Wildman–Crippen LogP) is 4.67. The van der Waals surface area contributed by atoms with Gasteiger partial charge in [-0.15, -0.1) is 0 Å². The van der Waals surface area contributed by atoms with Gasteiger partial charge in [-0.1, -0.05) is 54.1 Å². The Morgan fingerprint density at radius 3 is 2.55 bits per heavy atom. The number of nitrogens with zero attached hydrogens (tertiary/aromatic N) is 3. The fraction of sp³-hybridized carbons (Fsp3) is 0.208. The van der Waals surface area contributed by atoms with Crippen molar-refractivity contribution in [3.8, 4) is 11.3 Å². The molecule has 7 nitrogen and oxygen atoms in total. The second-order valence-electron chi connectivity index (χ2n) is 8.14. The van der Waals surface area contributed by atoms with Crippen LogP contribution in [0.5, 0.6) is 0 Å². The highest BCUT2D eigenvalue weighted by Gasteiger charge is 2.32. The normalized spacial score (nSPS) is 17.3. The maximum atomic E-state index is 13.4. The summed E-state index contributed by atoms with van der Waals surface area (Å²) in [4.78, 5) is 18.2. The summed E-state index contributed by atoms with van der Waals surface area (Å²) in [5, 5.41) is 8.54. The summed E-state index contributed by atoms with van der Waals surface area (Å²) in [7, 11) is -3.12. The molecule has 9 heteroatoms. The molecule has 0 bridgehead atoms. The van der Waals surface area contributed by atoms with Crippen LogP contribution in [0.15, 0.2) is 60.7 Å². The molecule has 1 aliphatic rings. The van der Waals surface area contributed by atoms with Crippen LogP contribution in [0.3, 0.4) is 0 Å². The summed E-state index contributed by atoms with van der Waals surface area (Å²) in [6.07, 6.45) is 0.469. The van der Waals surface area contributed by atoms with Crippen molar-refractivity contribution in [3.63, 3.8) is 0 Å². The average molecular weight is 481 g/mol. The molecule has 1 aliphatic heterocycles. The number of hydrogen-bond donors (Lipinski definition) is 1. The van der Waals surface area contributed by atoms with E-state index < -0.39 is 9.84 Å². The van der Waals surface area contributed by atoms with Gasteiger partial charge in [0.15, 0.2) is 15.5 Å². The lowest BCUT2D eigenvalue weighted by Crippen LogP contribution is -2.15. The van der Waals surface area contributed by atoms with E-state index in [0.29, 0.717) is 45.1 Å². The monoisotopic (exact) mass is 480 g/mol. The Bertz CT molecular complexity index is 1480. The number of pyridine rings is 1. The molecular formula is C24H21ClN4O3S. The predicted molar refractivity (Wildman–Crippen MR) is 129 cm³/mol. The second kappa shape index (κ2) is 8.28. The molecule has 5 rings (SSSR count). The third kappa shape index (κ3) is 4.12. The van der Waals surface area contributed by atoms with Crippen LogP contribution >= 0.6 is 11.6 Å². The average Bonchev–Trinajstić information content (AvgIpc) is 3.34. The zero-order valence-electron chi connectivity index (χ0n) is 17.8. The van der Waals surface area contributed by atoms with Crippen molar-refractivity contribution in [2.24, 2.45) is 0 Å².